The minimum Gasteiger partial charge on any atom is -0.496 e. The molecule has 0 spiro atoms. The maximum atomic E-state index is 11.8. The minimum absolute atomic E-state index is 0. The van der Waals surface area contributed by atoms with Crippen LogP contribution in [0, 0.1) is 0 Å². The highest BCUT2D eigenvalue weighted by molar-refractivity contribution is 14.0. The summed E-state index contributed by atoms with van der Waals surface area (Å²) in [7, 11) is 4.68. The first-order valence-electron chi connectivity index (χ1n) is 10.5. The van der Waals surface area contributed by atoms with E-state index in [2.05, 4.69) is 57.8 Å². The molecule has 1 aliphatic heterocycles. The van der Waals surface area contributed by atoms with Crippen molar-refractivity contribution < 1.29 is 14.3 Å². The van der Waals surface area contributed by atoms with E-state index in [4.69, 9.17) is 9.47 Å². The van der Waals surface area contributed by atoms with Crippen molar-refractivity contribution in [2.75, 3.05) is 27.8 Å². The molecule has 0 bridgehead atoms. The third-order valence-electron chi connectivity index (χ3n) is 5.63. The topological polar surface area (TPSA) is 75.2 Å². The summed E-state index contributed by atoms with van der Waals surface area (Å²) < 4.78 is 10.1. The van der Waals surface area contributed by atoms with Crippen molar-refractivity contribution in [3.63, 3.8) is 0 Å². The van der Waals surface area contributed by atoms with E-state index in [9.17, 15) is 4.79 Å². The Morgan fingerprint density at radius 2 is 1.91 bits per heavy atom. The molecule has 1 heterocycles. The van der Waals surface area contributed by atoms with E-state index in [1.807, 2.05) is 12.1 Å². The van der Waals surface area contributed by atoms with Gasteiger partial charge in [-0.3, -0.25) is 9.89 Å². The Morgan fingerprint density at radius 1 is 1.16 bits per heavy atom. The molecule has 2 aromatic rings. The maximum absolute atomic E-state index is 11.8. The van der Waals surface area contributed by atoms with E-state index in [1.54, 1.807) is 20.2 Å². The van der Waals surface area contributed by atoms with Crippen LogP contribution in [0.1, 0.15) is 34.8 Å². The van der Waals surface area contributed by atoms with Crippen molar-refractivity contribution in [3.8, 4) is 5.75 Å². The van der Waals surface area contributed by atoms with Crippen LogP contribution in [0.15, 0.2) is 53.5 Å². The molecule has 1 fully saturated rings. The van der Waals surface area contributed by atoms with E-state index < -0.39 is 5.97 Å². The number of hydrogen-bond donors (Lipinski definition) is 2. The summed E-state index contributed by atoms with van der Waals surface area (Å²) in [5.41, 5.74) is 2.73. The number of benzene rings is 2. The molecular formula is C24H33IN4O3. The summed E-state index contributed by atoms with van der Waals surface area (Å²) in [5, 5.41) is 6.90. The first-order valence-corrected chi connectivity index (χ1v) is 10.5. The van der Waals surface area contributed by atoms with Crippen LogP contribution >= 0.6 is 24.0 Å². The Balaban J connectivity index is 0.00000363. The molecule has 7 nitrogen and oxygen atoms in total. The van der Waals surface area contributed by atoms with Crippen LogP contribution in [0.4, 0.5) is 0 Å². The van der Waals surface area contributed by atoms with Gasteiger partial charge in [0.05, 0.1) is 14.2 Å². The van der Waals surface area contributed by atoms with Gasteiger partial charge in [-0.15, -0.1) is 24.0 Å². The van der Waals surface area contributed by atoms with E-state index in [1.165, 1.54) is 12.7 Å². The molecule has 174 valence electrons. The van der Waals surface area contributed by atoms with Gasteiger partial charge in [0.1, 0.15) is 11.3 Å². The lowest BCUT2D eigenvalue weighted by atomic mass is 10.1. The van der Waals surface area contributed by atoms with Crippen LogP contribution in [0.2, 0.25) is 0 Å². The first-order chi connectivity index (χ1) is 15.0. The highest BCUT2D eigenvalue weighted by Crippen LogP contribution is 2.22. The first kappa shape index (κ1) is 25.9. The Kier molecular flexibility index (Phi) is 10.2. The van der Waals surface area contributed by atoms with E-state index >= 15 is 0 Å². The number of guanidine groups is 1. The Hall–Kier alpha value is -2.33. The van der Waals surface area contributed by atoms with Crippen molar-refractivity contribution >= 4 is 35.9 Å². The molecule has 2 N–H and O–H groups in total. The molecule has 1 aliphatic rings. The zero-order valence-electron chi connectivity index (χ0n) is 19.1. The van der Waals surface area contributed by atoms with Crippen LogP contribution in [0.25, 0.3) is 0 Å². The summed E-state index contributed by atoms with van der Waals surface area (Å²) in [6.45, 7) is 4.76. The smallest absolute Gasteiger partial charge is 0.341 e. The predicted molar refractivity (Wildman–Crippen MR) is 138 cm³/mol. The summed E-state index contributed by atoms with van der Waals surface area (Å²) in [5.74, 6) is 0.842. The quantitative estimate of drug-likeness (QED) is 0.238. The molecule has 0 radical (unpaired) electrons. The van der Waals surface area contributed by atoms with Gasteiger partial charge in [-0.25, -0.2) is 4.79 Å². The average molecular weight is 552 g/mol. The third kappa shape index (κ3) is 6.83. The Labute approximate surface area is 207 Å². The fraction of sp³-hybridized carbons (Fsp3) is 0.417. The molecule has 2 atom stereocenters. The fourth-order valence-electron chi connectivity index (χ4n) is 3.94. The molecule has 0 aromatic heterocycles. The average Bonchev–Trinajstić information content (AvgIpc) is 3.14. The molecule has 0 aliphatic carbocycles. The number of nitrogens with one attached hydrogen (secondary N) is 2. The van der Waals surface area contributed by atoms with Gasteiger partial charge < -0.3 is 20.1 Å². The van der Waals surface area contributed by atoms with Crippen LogP contribution < -0.4 is 15.4 Å². The van der Waals surface area contributed by atoms with Gasteiger partial charge in [-0.1, -0.05) is 36.4 Å². The lowest BCUT2D eigenvalue weighted by Gasteiger charge is -2.21. The molecule has 1 saturated heterocycles. The molecule has 2 unspecified atom stereocenters. The second-order valence-electron chi connectivity index (χ2n) is 7.79. The standard InChI is InChI=1S/C24H32N4O3.HI/c1-17-12-20(16-28(17)15-18-8-6-5-7-9-18)27-24(25-2)26-14-19-10-11-21(23(29)31-4)22(13-19)30-3;/h5-11,13,17,20H,12,14-16H2,1-4H3,(H2,25,26,27);1H. The number of nitrogens with zero attached hydrogens (tertiary/aromatic N) is 2. The van der Waals surface area contributed by atoms with Crippen LogP contribution in [0.5, 0.6) is 5.75 Å². The fourth-order valence-corrected chi connectivity index (χ4v) is 3.94. The molecule has 0 amide bonds. The molecule has 32 heavy (non-hydrogen) atoms. The number of rotatable bonds is 7. The highest BCUT2D eigenvalue weighted by Gasteiger charge is 2.29. The van der Waals surface area contributed by atoms with Crippen molar-refractivity contribution in [2.45, 2.75) is 38.5 Å². The summed E-state index contributed by atoms with van der Waals surface area (Å²) in [4.78, 5) is 18.7. The van der Waals surface area contributed by atoms with Crippen LogP contribution in [-0.4, -0.2) is 56.7 Å². The van der Waals surface area contributed by atoms with Crippen molar-refractivity contribution in [1.29, 1.82) is 0 Å². The van der Waals surface area contributed by atoms with Crippen molar-refractivity contribution in [2.24, 2.45) is 4.99 Å². The van der Waals surface area contributed by atoms with E-state index in [0.29, 0.717) is 29.9 Å². The zero-order chi connectivity index (χ0) is 22.2. The second-order valence-corrected chi connectivity index (χ2v) is 7.79. The van der Waals surface area contributed by atoms with E-state index in [-0.39, 0.29) is 24.0 Å². The van der Waals surface area contributed by atoms with Crippen molar-refractivity contribution in [1.82, 2.24) is 15.5 Å². The largest absolute Gasteiger partial charge is 0.496 e. The van der Waals surface area contributed by atoms with Gasteiger partial charge in [0.25, 0.3) is 0 Å². The number of halogens is 1. The normalized spacial score (nSPS) is 18.6. The lowest BCUT2D eigenvalue weighted by Crippen LogP contribution is -2.44. The Bertz CT molecular complexity index is 907. The Morgan fingerprint density at radius 3 is 2.56 bits per heavy atom. The van der Waals surface area contributed by atoms with Gasteiger partial charge in [0.15, 0.2) is 5.96 Å². The van der Waals surface area contributed by atoms with Gasteiger partial charge in [-0.05, 0) is 36.6 Å². The number of methoxy groups -OCH3 is 2. The summed E-state index contributed by atoms with van der Waals surface area (Å²) in [6, 6.07) is 16.9. The van der Waals surface area contributed by atoms with Crippen LogP contribution in [0.3, 0.4) is 0 Å². The number of likely N-dealkylation sites (tertiary alicyclic amines) is 1. The molecule has 2 aromatic carbocycles. The monoisotopic (exact) mass is 552 g/mol. The van der Waals surface area contributed by atoms with Crippen molar-refractivity contribution in [3.05, 3.63) is 65.2 Å². The van der Waals surface area contributed by atoms with Gasteiger partial charge in [0.2, 0.25) is 0 Å². The summed E-state index contributed by atoms with van der Waals surface area (Å²) in [6.07, 6.45) is 1.06. The molecule has 0 saturated carbocycles. The molecular weight excluding hydrogens is 519 g/mol. The number of carbonyl (C=O) groups is 1. The number of ether oxygens (including phenoxy) is 2. The van der Waals surface area contributed by atoms with Crippen LogP contribution in [-0.2, 0) is 17.8 Å². The molecule has 8 heteroatoms. The second kappa shape index (κ2) is 12.6. The van der Waals surface area contributed by atoms with E-state index in [0.717, 1.165) is 31.0 Å². The summed E-state index contributed by atoms with van der Waals surface area (Å²) >= 11 is 0. The maximum Gasteiger partial charge on any atom is 0.341 e. The van der Waals surface area contributed by atoms with Gasteiger partial charge in [-0.2, -0.15) is 0 Å². The number of aliphatic imine (C=N–C) groups is 1. The zero-order valence-corrected chi connectivity index (χ0v) is 21.5. The van der Waals surface area contributed by atoms with Gasteiger partial charge in [0, 0.05) is 38.8 Å². The highest BCUT2D eigenvalue weighted by atomic mass is 127. The number of carbonyl (C=O) groups excluding carboxylic acids is 1. The number of hydrogen-bond acceptors (Lipinski definition) is 5. The lowest BCUT2D eigenvalue weighted by molar-refractivity contribution is 0.0597. The number of esters is 1. The predicted octanol–water partition coefficient (Wildman–Crippen LogP) is 3.43. The SMILES string of the molecule is CN=C(NCc1ccc(C(=O)OC)c(OC)c1)NC1CC(C)N(Cc2ccccc2)C1.I. The third-order valence-corrected chi connectivity index (χ3v) is 5.63. The van der Waals surface area contributed by atoms with Gasteiger partial charge >= 0.3 is 5.97 Å². The minimum atomic E-state index is -0.413. The molecule has 3 rings (SSSR count).